The van der Waals surface area contributed by atoms with Crippen molar-refractivity contribution in [1.29, 1.82) is 0 Å². The van der Waals surface area contributed by atoms with E-state index in [2.05, 4.69) is 0 Å². The standard InChI is InChI=1S/C7H12O3/c1-7(2)9-4-6(10-7)5-3-8-5/h5-6H,3-4H2,1-2H3/t5-,6+/m1/s1. The molecular weight excluding hydrogens is 132 g/mol. The summed E-state index contributed by atoms with van der Waals surface area (Å²) in [5.41, 5.74) is 0. The Morgan fingerprint density at radius 2 is 1.90 bits per heavy atom. The second-order valence-electron chi connectivity index (χ2n) is 3.24. The maximum atomic E-state index is 5.53. The molecule has 2 aliphatic rings. The molecule has 2 atom stereocenters. The zero-order valence-electron chi connectivity index (χ0n) is 6.29. The van der Waals surface area contributed by atoms with Gasteiger partial charge in [-0.25, -0.2) is 0 Å². The third-order valence-electron chi connectivity index (χ3n) is 1.80. The molecule has 2 saturated heterocycles. The van der Waals surface area contributed by atoms with Gasteiger partial charge in [-0.15, -0.1) is 0 Å². The molecule has 0 aromatic rings. The quantitative estimate of drug-likeness (QED) is 0.503. The molecule has 3 nitrogen and oxygen atoms in total. The minimum absolute atomic E-state index is 0.176. The van der Waals surface area contributed by atoms with Crippen molar-refractivity contribution >= 4 is 0 Å². The van der Waals surface area contributed by atoms with E-state index in [-0.39, 0.29) is 6.10 Å². The van der Waals surface area contributed by atoms with Crippen LogP contribution in [0.2, 0.25) is 0 Å². The Kier molecular flexibility index (Phi) is 1.27. The van der Waals surface area contributed by atoms with Crippen LogP contribution < -0.4 is 0 Å². The first-order valence-corrected chi connectivity index (χ1v) is 3.61. The molecule has 2 aliphatic heterocycles. The number of hydrogen-bond donors (Lipinski definition) is 0. The first-order chi connectivity index (χ1) is 4.67. The molecule has 58 valence electrons. The number of ether oxygens (including phenoxy) is 3. The predicted molar refractivity (Wildman–Crippen MR) is 34.6 cm³/mol. The minimum Gasteiger partial charge on any atom is -0.370 e. The van der Waals surface area contributed by atoms with E-state index in [9.17, 15) is 0 Å². The van der Waals surface area contributed by atoms with Gasteiger partial charge in [0.1, 0.15) is 12.2 Å². The highest BCUT2D eigenvalue weighted by Gasteiger charge is 2.43. The summed E-state index contributed by atoms with van der Waals surface area (Å²) in [5, 5.41) is 0. The number of hydrogen-bond acceptors (Lipinski definition) is 3. The van der Waals surface area contributed by atoms with Gasteiger partial charge >= 0.3 is 0 Å². The lowest BCUT2D eigenvalue weighted by Crippen LogP contribution is -2.24. The van der Waals surface area contributed by atoms with Crippen molar-refractivity contribution in [2.75, 3.05) is 13.2 Å². The molecule has 3 heteroatoms. The Morgan fingerprint density at radius 1 is 1.20 bits per heavy atom. The maximum Gasteiger partial charge on any atom is 0.163 e. The molecular formula is C7H12O3. The average molecular weight is 144 g/mol. The summed E-state index contributed by atoms with van der Waals surface area (Å²) in [5.74, 6) is -0.392. The fraction of sp³-hybridized carbons (Fsp3) is 1.00. The van der Waals surface area contributed by atoms with Crippen molar-refractivity contribution < 1.29 is 14.2 Å². The van der Waals surface area contributed by atoms with Crippen molar-refractivity contribution in [3.63, 3.8) is 0 Å². The van der Waals surface area contributed by atoms with Crippen molar-refractivity contribution in [1.82, 2.24) is 0 Å². The predicted octanol–water partition coefficient (Wildman–Crippen LogP) is 0.537. The van der Waals surface area contributed by atoms with Crippen LogP contribution in [0.4, 0.5) is 0 Å². The molecule has 0 aromatic carbocycles. The highest BCUT2D eigenvalue weighted by Crippen LogP contribution is 2.29. The summed E-state index contributed by atoms with van der Waals surface area (Å²) in [4.78, 5) is 0. The Labute approximate surface area is 60.3 Å². The summed E-state index contributed by atoms with van der Waals surface area (Å²) in [7, 11) is 0. The van der Waals surface area contributed by atoms with E-state index < -0.39 is 5.79 Å². The molecule has 0 radical (unpaired) electrons. The molecule has 0 aliphatic carbocycles. The van der Waals surface area contributed by atoms with Gasteiger partial charge in [0.25, 0.3) is 0 Å². The van der Waals surface area contributed by atoms with E-state index in [0.717, 1.165) is 6.61 Å². The molecule has 0 amide bonds. The number of rotatable bonds is 1. The topological polar surface area (TPSA) is 31.0 Å². The van der Waals surface area contributed by atoms with Gasteiger partial charge in [0.15, 0.2) is 5.79 Å². The van der Waals surface area contributed by atoms with Crippen LogP contribution in [0.1, 0.15) is 13.8 Å². The average Bonchev–Trinajstić information content (AvgIpc) is 2.59. The molecule has 10 heavy (non-hydrogen) atoms. The Hall–Kier alpha value is -0.120. The highest BCUT2D eigenvalue weighted by atomic mass is 16.8. The highest BCUT2D eigenvalue weighted by molar-refractivity contribution is 4.84. The van der Waals surface area contributed by atoms with Crippen LogP contribution in [0.3, 0.4) is 0 Å². The third-order valence-corrected chi connectivity index (χ3v) is 1.80. The second-order valence-corrected chi connectivity index (χ2v) is 3.24. The normalized spacial score (nSPS) is 43.8. The van der Waals surface area contributed by atoms with Crippen molar-refractivity contribution in [2.45, 2.75) is 31.8 Å². The van der Waals surface area contributed by atoms with Crippen molar-refractivity contribution in [3.8, 4) is 0 Å². The van der Waals surface area contributed by atoms with E-state index in [1.54, 1.807) is 0 Å². The lowest BCUT2D eigenvalue weighted by molar-refractivity contribution is -0.140. The van der Waals surface area contributed by atoms with Crippen LogP contribution in [-0.4, -0.2) is 31.2 Å². The first kappa shape index (κ1) is 6.58. The van der Waals surface area contributed by atoms with Crippen LogP contribution >= 0.6 is 0 Å². The van der Waals surface area contributed by atoms with Crippen molar-refractivity contribution in [3.05, 3.63) is 0 Å². The van der Waals surface area contributed by atoms with Crippen LogP contribution in [0.5, 0.6) is 0 Å². The Morgan fingerprint density at radius 3 is 2.30 bits per heavy atom. The molecule has 2 heterocycles. The summed E-state index contributed by atoms with van der Waals surface area (Å²) < 4.78 is 16.0. The van der Waals surface area contributed by atoms with Crippen LogP contribution in [0, 0.1) is 0 Å². The van der Waals surface area contributed by atoms with E-state index >= 15 is 0 Å². The van der Waals surface area contributed by atoms with Gasteiger partial charge in [0.05, 0.1) is 13.2 Å². The van der Waals surface area contributed by atoms with E-state index in [0.29, 0.717) is 12.7 Å². The number of epoxide rings is 1. The lowest BCUT2D eigenvalue weighted by Gasteiger charge is -2.15. The van der Waals surface area contributed by atoms with E-state index in [1.165, 1.54) is 0 Å². The van der Waals surface area contributed by atoms with Gasteiger partial charge in [-0.2, -0.15) is 0 Å². The van der Waals surface area contributed by atoms with Crippen LogP contribution in [-0.2, 0) is 14.2 Å². The molecule has 0 aromatic heterocycles. The summed E-state index contributed by atoms with van der Waals surface area (Å²) in [6.07, 6.45) is 0.483. The molecule has 0 unspecified atom stereocenters. The first-order valence-electron chi connectivity index (χ1n) is 3.61. The molecule has 0 bridgehead atoms. The van der Waals surface area contributed by atoms with Gasteiger partial charge < -0.3 is 14.2 Å². The fourth-order valence-electron chi connectivity index (χ4n) is 1.17. The zero-order valence-corrected chi connectivity index (χ0v) is 6.29. The second kappa shape index (κ2) is 1.94. The SMILES string of the molecule is CC1(C)OC[C@@H]([C@H]2CO2)O1. The lowest BCUT2D eigenvalue weighted by atomic mass is 10.3. The zero-order chi connectivity index (χ0) is 7.19. The van der Waals surface area contributed by atoms with Crippen LogP contribution in [0.15, 0.2) is 0 Å². The smallest absolute Gasteiger partial charge is 0.163 e. The van der Waals surface area contributed by atoms with Gasteiger partial charge in [-0.3, -0.25) is 0 Å². The van der Waals surface area contributed by atoms with Gasteiger partial charge in [-0.05, 0) is 13.8 Å². The van der Waals surface area contributed by atoms with Gasteiger partial charge in [-0.1, -0.05) is 0 Å². The third kappa shape index (κ3) is 1.17. The van der Waals surface area contributed by atoms with Crippen LogP contribution in [0.25, 0.3) is 0 Å². The van der Waals surface area contributed by atoms with E-state index in [1.807, 2.05) is 13.8 Å². The summed E-state index contributed by atoms with van der Waals surface area (Å²) >= 11 is 0. The fourth-order valence-corrected chi connectivity index (χ4v) is 1.17. The Bertz CT molecular complexity index is 140. The van der Waals surface area contributed by atoms with E-state index in [4.69, 9.17) is 14.2 Å². The maximum absolute atomic E-state index is 5.53. The molecule has 0 N–H and O–H groups in total. The Balaban J connectivity index is 1.92. The van der Waals surface area contributed by atoms with Gasteiger partial charge in [0, 0.05) is 0 Å². The molecule has 2 rings (SSSR count). The molecule has 0 spiro atoms. The van der Waals surface area contributed by atoms with Gasteiger partial charge in [0.2, 0.25) is 0 Å². The summed E-state index contributed by atoms with van der Waals surface area (Å²) in [6, 6.07) is 0. The largest absolute Gasteiger partial charge is 0.370 e. The molecule has 2 fully saturated rings. The molecule has 0 saturated carbocycles. The monoisotopic (exact) mass is 144 g/mol. The minimum atomic E-state index is -0.392. The van der Waals surface area contributed by atoms with Crippen molar-refractivity contribution in [2.24, 2.45) is 0 Å². The summed E-state index contributed by atoms with van der Waals surface area (Å²) in [6.45, 7) is 5.37.